The molecule has 0 amide bonds. The van der Waals surface area contributed by atoms with Gasteiger partial charge < -0.3 is 9.84 Å². The van der Waals surface area contributed by atoms with Gasteiger partial charge in [0.15, 0.2) is 5.82 Å². The Hall–Kier alpha value is -2.08. The van der Waals surface area contributed by atoms with Crippen molar-refractivity contribution in [2.75, 3.05) is 0 Å². The van der Waals surface area contributed by atoms with E-state index in [9.17, 15) is 4.79 Å². The lowest BCUT2D eigenvalue weighted by Gasteiger charge is -2.21. The van der Waals surface area contributed by atoms with Crippen molar-refractivity contribution in [2.45, 2.75) is 31.8 Å². The summed E-state index contributed by atoms with van der Waals surface area (Å²) in [6, 6.07) is 4.79. The Morgan fingerprint density at radius 3 is 2.83 bits per heavy atom. The molecule has 2 saturated carbocycles. The van der Waals surface area contributed by atoms with Crippen molar-refractivity contribution in [1.82, 2.24) is 14.8 Å². The van der Waals surface area contributed by atoms with Gasteiger partial charge in [-0.25, -0.2) is 14.5 Å². The molecule has 2 aromatic heterocycles. The lowest BCUT2D eigenvalue weighted by atomic mass is 9.98. The van der Waals surface area contributed by atoms with Crippen LogP contribution in [-0.4, -0.2) is 31.9 Å². The second-order valence-corrected chi connectivity index (χ2v) is 6.60. The third kappa shape index (κ3) is 2.67. The number of nitrogens with zero attached hydrogens (tertiary/aromatic N) is 3. The standard InChI is InChI=1S/C16H16ClN3O3/c17-15-11(16(21)22)3-4-13(18-15)20-6-5-14(19-20)23-12-8-9-1-2-10(12)7-9/h3-6,9-10,12H,1-2,7-8H2,(H,21,22)/t9?,10?,12-/m0/s1. The minimum atomic E-state index is -1.10. The highest BCUT2D eigenvalue weighted by molar-refractivity contribution is 6.32. The molecule has 120 valence electrons. The zero-order valence-corrected chi connectivity index (χ0v) is 13.1. The van der Waals surface area contributed by atoms with Gasteiger partial charge in [-0.15, -0.1) is 5.10 Å². The van der Waals surface area contributed by atoms with Crippen molar-refractivity contribution < 1.29 is 14.6 Å². The molecule has 0 aliphatic heterocycles. The van der Waals surface area contributed by atoms with Crippen molar-refractivity contribution in [3.8, 4) is 11.7 Å². The van der Waals surface area contributed by atoms with E-state index in [0.29, 0.717) is 17.6 Å². The number of fused-ring (bicyclic) bond motifs is 2. The van der Waals surface area contributed by atoms with Crippen LogP contribution in [0.4, 0.5) is 0 Å². The Kier molecular flexibility index (Phi) is 3.49. The van der Waals surface area contributed by atoms with Crippen LogP contribution in [0.15, 0.2) is 24.4 Å². The minimum absolute atomic E-state index is 0.0268. The van der Waals surface area contributed by atoms with Crippen molar-refractivity contribution in [2.24, 2.45) is 11.8 Å². The molecule has 7 heteroatoms. The molecule has 2 bridgehead atoms. The molecule has 0 radical (unpaired) electrons. The van der Waals surface area contributed by atoms with Crippen LogP contribution in [-0.2, 0) is 0 Å². The molecule has 2 aromatic rings. The van der Waals surface area contributed by atoms with E-state index in [1.165, 1.54) is 25.3 Å². The van der Waals surface area contributed by atoms with Crippen LogP contribution in [0.5, 0.6) is 5.88 Å². The normalized spacial score (nSPS) is 25.7. The number of pyridine rings is 1. The Bertz CT molecular complexity index is 761. The molecule has 2 unspecified atom stereocenters. The summed E-state index contributed by atoms with van der Waals surface area (Å²) in [6.45, 7) is 0. The van der Waals surface area contributed by atoms with Gasteiger partial charge in [-0.05, 0) is 49.7 Å². The zero-order valence-electron chi connectivity index (χ0n) is 12.4. The fourth-order valence-electron chi connectivity index (χ4n) is 3.70. The van der Waals surface area contributed by atoms with Crippen LogP contribution in [0.25, 0.3) is 5.82 Å². The number of hydrogen-bond acceptors (Lipinski definition) is 4. The van der Waals surface area contributed by atoms with Crippen LogP contribution >= 0.6 is 11.6 Å². The Labute approximate surface area is 138 Å². The first-order valence-corrected chi connectivity index (χ1v) is 8.10. The van der Waals surface area contributed by atoms with Crippen LogP contribution in [0.3, 0.4) is 0 Å². The number of halogens is 1. The number of carboxylic acid groups (broad SMARTS) is 1. The molecule has 4 rings (SSSR count). The highest BCUT2D eigenvalue weighted by atomic mass is 35.5. The molecular formula is C16H16ClN3O3. The van der Waals surface area contributed by atoms with E-state index in [1.54, 1.807) is 23.0 Å². The lowest BCUT2D eigenvalue weighted by molar-refractivity contribution is 0.0696. The molecule has 2 fully saturated rings. The predicted molar refractivity (Wildman–Crippen MR) is 83.2 cm³/mol. The minimum Gasteiger partial charge on any atom is -0.478 e. The van der Waals surface area contributed by atoms with Gasteiger partial charge in [0.05, 0.1) is 5.56 Å². The molecule has 6 nitrogen and oxygen atoms in total. The smallest absolute Gasteiger partial charge is 0.338 e. The molecule has 23 heavy (non-hydrogen) atoms. The summed E-state index contributed by atoms with van der Waals surface area (Å²) in [6.07, 6.45) is 6.99. The molecule has 3 atom stereocenters. The maximum absolute atomic E-state index is 11.0. The monoisotopic (exact) mass is 333 g/mol. The fourth-order valence-corrected chi connectivity index (χ4v) is 3.93. The van der Waals surface area contributed by atoms with Gasteiger partial charge in [0, 0.05) is 12.3 Å². The number of aromatic carboxylic acids is 1. The summed E-state index contributed by atoms with van der Waals surface area (Å²) in [4.78, 5) is 15.0. The summed E-state index contributed by atoms with van der Waals surface area (Å²) < 4.78 is 7.56. The first kappa shape index (κ1) is 14.5. The van der Waals surface area contributed by atoms with Crippen LogP contribution in [0, 0.1) is 11.8 Å². The van der Waals surface area contributed by atoms with Gasteiger partial charge in [0.2, 0.25) is 5.88 Å². The van der Waals surface area contributed by atoms with Gasteiger partial charge in [-0.3, -0.25) is 0 Å². The van der Waals surface area contributed by atoms with E-state index in [1.807, 2.05) is 0 Å². The van der Waals surface area contributed by atoms with E-state index in [0.717, 1.165) is 12.3 Å². The molecule has 0 saturated heterocycles. The van der Waals surface area contributed by atoms with Crippen LogP contribution < -0.4 is 4.74 Å². The van der Waals surface area contributed by atoms with Crippen molar-refractivity contribution >= 4 is 17.6 Å². The number of aromatic nitrogens is 3. The van der Waals surface area contributed by atoms with E-state index in [4.69, 9.17) is 21.4 Å². The molecule has 0 spiro atoms. The summed E-state index contributed by atoms with van der Waals surface area (Å²) >= 11 is 5.90. The average Bonchev–Trinajstić information content (AvgIpc) is 3.23. The molecular weight excluding hydrogens is 318 g/mol. The second-order valence-electron chi connectivity index (χ2n) is 6.24. The SMILES string of the molecule is O=C(O)c1ccc(-n2ccc(O[C@H]3CC4CCC3C4)n2)nc1Cl. The Morgan fingerprint density at radius 1 is 1.30 bits per heavy atom. The topological polar surface area (TPSA) is 77.2 Å². The van der Waals surface area contributed by atoms with Crippen molar-refractivity contribution in [3.63, 3.8) is 0 Å². The van der Waals surface area contributed by atoms with E-state index >= 15 is 0 Å². The maximum Gasteiger partial charge on any atom is 0.338 e. The molecule has 1 N–H and O–H groups in total. The second kappa shape index (κ2) is 5.53. The van der Waals surface area contributed by atoms with Crippen molar-refractivity contribution in [3.05, 3.63) is 35.1 Å². The quantitative estimate of drug-likeness (QED) is 0.869. The van der Waals surface area contributed by atoms with Crippen LogP contribution in [0.2, 0.25) is 5.15 Å². The number of rotatable bonds is 4. The van der Waals surface area contributed by atoms with E-state index < -0.39 is 5.97 Å². The highest BCUT2D eigenvalue weighted by Crippen LogP contribution is 2.45. The van der Waals surface area contributed by atoms with Gasteiger partial charge >= 0.3 is 5.97 Å². The van der Waals surface area contributed by atoms with Gasteiger partial charge in [0.1, 0.15) is 11.3 Å². The van der Waals surface area contributed by atoms with E-state index in [2.05, 4.69) is 10.1 Å². The van der Waals surface area contributed by atoms with E-state index in [-0.39, 0.29) is 16.8 Å². The lowest BCUT2D eigenvalue weighted by Crippen LogP contribution is -2.23. The predicted octanol–water partition coefficient (Wildman–Crippen LogP) is 3.19. The number of hydrogen-bond donors (Lipinski definition) is 1. The molecule has 0 aromatic carbocycles. The Morgan fingerprint density at radius 2 is 2.17 bits per heavy atom. The maximum atomic E-state index is 11.0. The fraction of sp³-hybridized carbons (Fsp3) is 0.438. The Balaban J connectivity index is 1.51. The third-order valence-corrected chi connectivity index (χ3v) is 5.10. The first-order valence-electron chi connectivity index (χ1n) is 7.72. The summed E-state index contributed by atoms with van der Waals surface area (Å²) in [5.41, 5.74) is -0.0268. The average molecular weight is 334 g/mol. The summed E-state index contributed by atoms with van der Waals surface area (Å²) in [7, 11) is 0. The largest absolute Gasteiger partial charge is 0.478 e. The first-order chi connectivity index (χ1) is 11.1. The van der Waals surface area contributed by atoms with Gasteiger partial charge in [-0.1, -0.05) is 11.6 Å². The number of carbonyl (C=O) groups is 1. The zero-order chi connectivity index (χ0) is 16.0. The highest BCUT2D eigenvalue weighted by Gasteiger charge is 2.41. The van der Waals surface area contributed by atoms with Crippen molar-refractivity contribution in [1.29, 1.82) is 0 Å². The van der Waals surface area contributed by atoms with Gasteiger partial charge in [-0.2, -0.15) is 0 Å². The third-order valence-electron chi connectivity index (χ3n) is 4.81. The number of ether oxygens (including phenoxy) is 1. The van der Waals surface area contributed by atoms with Gasteiger partial charge in [0.25, 0.3) is 0 Å². The molecule has 2 aliphatic carbocycles. The summed E-state index contributed by atoms with van der Waals surface area (Å²) in [5, 5.41) is 13.3. The summed E-state index contributed by atoms with van der Waals surface area (Å²) in [5.74, 6) is 1.41. The van der Waals surface area contributed by atoms with Crippen LogP contribution in [0.1, 0.15) is 36.0 Å². The number of carboxylic acids is 1. The molecule has 2 heterocycles. The molecule has 2 aliphatic rings.